The fraction of sp³-hybridized carbons (Fsp3) is 0.188. The van der Waals surface area contributed by atoms with Crippen molar-refractivity contribution in [2.75, 3.05) is 5.75 Å². The third-order valence-corrected chi connectivity index (χ3v) is 4.39. The molecule has 3 nitrogen and oxygen atoms in total. The topological polar surface area (TPSA) is 60.2 Å². The maximum atomic E-state index is 11.8. The molecule has 0 saturated heterocycles. The molecular formula is C16H17NO2S. The van der Waals surface area contributed by atoms with E-state index in [1.165, 1.54) is 0 Å². The van der Waals surface area contributed by atoms with E-state index < -0.39 is 16.7 Å². The first-order valence-corrected chi connectivity index (χ1v) is 7.84. The molecule has 0 bridgehead atoms. The van der Waals surface area contributed by atoms with Crippen LogP contribution in [0.15, 0.2) is 48.5 Å². The van der Waals surface area contributed by atoms with Crippen LogP contribution < -0.4 is 5.73 Å². The number of carbonyl (C=O) groups is 1. The van der Waals surface area contributed by atoms with Crippen LogP contribution in [-0.4, -0.2) is 15.9 Å². The second-order valence-electron chi connectivity index (χ2n) is 4.65. The van der Waals surface area contributed by atoms with E-state index in [0.29, 0.717) is 5.75 Å². The number of hydrogen-bond acceptors (Lipinski definition) is 2. The molecule has 0 saturated carbocycles. The van der Waals surface area contributed by atoms with Gasteiger partial charge in [-0.1, -0.05) is 48.5 Å². The summed E-state index contributed by atoms with van der Waals surface area (Å²) in [6.45, 7) is 2.01. The Labute approximate surface area is 121 Å². The van der Waals surface area contributed by atoms with Crippen molar-refractivity contribution in [1.82, 2.24) is 0 Å². The second-order valence-corrected chi connectivity index (χ2v) is 6.11. The SMILES string of the molecule is Cc1c(CS(=O)CC(N)=O)cccc1-c1ccccc1. The summed E-state index contributed by atoms with van der Waals surface area (Å²) in [7, 11) is -1.25. The Morgan fingerprint density at radius 2 is 1.80 bits per heavy atom. The highest BCUT2D eigenvalue weighted by Crippen LogP contribution is 2.26. The second kappa shape index (κ2) is 6.48. The van der Waals surface area contributed by atoms with Crippen LogP contribution in [0.4, 0.5) is 0 Å². The Balaban J connectivity index is 2.29. The van der Waals surface area contributed by atoms with E-state index in [1.54, 1.807) is 0 Å². The highest BCUT2D eigenvalue weighted by Gasteiger charge is 2.10. The molecule has 104 valence electrons. The van der Waals surface area contributed by atoms with Gasteiger partial charge in [-0.3, -0.25) is 9.00 Å². The first-order chi connectivity index (χ1) is 9.58. The summed E-state index contributed by atoms with van der Waals surface area (Å²) in [4.78, 5) is 10.8. The van der Waals surface area contributed by atoms with Crippen molar-refractivity contribution in [2.24, 2.45) is 5.73 Å². The summed E-state index contributed by atoms with van der Waals surface area (Å²) in [5.74, 6) is -0.259. The molecule has 0 spiro atoms. The van der Waals surface area contributed by atoms with Gasteiger partial charge < -0.3 is 5.73 Å². The molecule has 0 heterocycles. The van der Waals surface area contributed by atoms with Crippen LogP contribution in [0.25, 0.3) is 11.1 Å². The summed E-state index contributed by atoms with van der Waals surface area (Å²) >= 11 is 0. The molecule has 20 heavy (non-hydrogen) atoms. The Morgan fingerprint density at radius 3 is 2.45 bits per heavy atom. The number of amides is 1. The fourth-order valence-corrected chi connectivity index (χ4v) is 3.23. The van der Waals surface area contributed by atoms with Gasteiger partial charge in [0.15, 0.2) is 0 Å². The van der Waals surface area contributed by atoms with E-state index in [1.807, 2.05) is 55.5 Å². The Morgan fingerprint density at radius 1 is 1.10 bits per heavy atom. The smallest absolute Gasteiger partial charge is 0.230 e. The van der Waals surface area contributed by atoms with E-state index in [4.69, 9.17) is 5.73 Å². The average Bonchev–Trinajstić information content (AvgIpc) is 2.41. The lowest BCUT2D eigenvalue weighted by Gasteiger charge is -2.11. The quantitative estimate of drug-likeness (QED) is 0.918. The minimum atomic E-state index is -1.25. The van der Waals surface area contributed by atoms with Crippen molar-refractivity contribution in [3.63, 3.8) is 0 Å². The number of carbonyl (C=O) groups excluding carboxylic acids is 1. The average molecular weight is 287 g/mol. The molecule has 0 aromatic heterocycles. The molecule has 0 radical (unpaired) electrons. The summed E-state index contributed by atoms with van der Waals surface area (Å²) < 4.78 is 11.8. The predicted molar refractivity (Wildman–Crippen MR) is 82.5 cm³/mol. The van der Waals surface area contributed by atoms with Crippen molar-refractivity contribution >= 4 is 16.7 Å². The molecule has 2 aromatic rings. The fourth-order valence-electron chi connectivity index (χ4n) is 2.15. The van der Waals surface area contributed by atoms with Crippen molar-refractivity contribution in [3.05, 3.63) is 59.7 Å². The molecule has 0 fully saturated rings. The Kier molecular flexibility index (Phi) is 4.69. The van der Waals surface area contributed by atoms with E-state index in [9.17, 15) is 9.00 Å². The molecule has 0 aliphatic heterocycles. The van der Waals surface area contributed by atoms with Gasteiger partial charge in [-0.15, -0.1) is 0 Å². The molecule has 2 rings (SSSR count). The van der Waals surface area contributed by atoms with E-state index in [0.717, 1.165) is 22.3 Å². The Hall–Kier alpha value is -1.94. The summed E-state index contributed by atoms with van der Waals surface area (Å²) in [6.07, 6.45) is 0. The molecule has 0 aliphatic carbocycles. The van der Waals surface area contributed by atoms with Crippen LogP contribution in [-0.2, 0) is 21.3 Å². The monoisotopic (exact) mass is 287 g/mol. The number of hydrogen-bond donors (Lipinski definition) is 1. The molecule has 4 heteroatoms. The maximum Gasteiger partial charge on any atom is 0.230 e. The van der Waals surface area contributed by atoms with Gasteiger partial charge in [-0.2, -0.15) is 0 Å². The van der Waals surface area contributed by atoms with Crippen molar-refractivity contribution < 1.29 is 9.00 Å². The van der Waals surface area contributed by atoms with Crippen LogP contribution in [0.2, 0.25) is 0 Å². The van der Waals surface area contributed by atoms with Gasteiger partial charge in [-0.05, 0) is 29.2 Å². The van der Waals surface area contributed by atoms with E-state index in [-0.39, 0.29) is 5.75 Å². The first kappa shape index (κ1) is 14.5. The van der Waals surface area contributed by atoms with Crippen LogP contribution in [0.3, 0.4) is 0 Å². The third kappa shape index (κ3) is 3.54. The number of rotatable bonds is 5. The van der Waals surface area contributed by atoms with Crippen molar-refractivity contribution in [1.29, 1.82) is 0 Å². The van der Waals surface area contributed by atoms with Crippen LogP contribution in [0, 0.1) is 6.92 Å². The van der Waals surface area contributed by atoms with Gasteiger partial charge in [0, 0.05) is 16.6 Å². The van der Waals surface area contributed by atoms with Crippen LogP contribution in [0.5, 0.6) is 0 Å². The maximum absolute atomic E-state index is 11.8. The van der Waals surface area contributed by atoms with E-state index in [2.05, 4.69) is 0 Å². The number of nitrogens with two attached hydrogens (primary N) is 1. The highest BCUT2D eigenvalue weighted by atomic mass is 32.2. The van der Waals surface area contributed by atoms with Gasteiger partial charge in [-0.25, -0.2) is 0 Å². The van der Waals surface area contributed by atoms with Gasteiger partial charge in [0.25, 0.3) is 0 Å². The molecule has 1 unspecified atom stereocenters. The summed E-state index contributed by atoms with van der Waals surface area (Å²) in [5, 5.41) is 0. The molecule has 2 aromatic carbocycles. The zero-order valence-corrected chi connectivity index (χ0v) is 12.2. The van der Waals surface area contributed by atoms with Gasteiger partial charge in [0.2, 0.25) is 5.91 Å². The summed E-state index contributed by atoms with van der Waals surface area (Å²) in [5.41, 5.74) is 9.42. The zero-order chi connectivity index (χ0) is 14.5. The summed E-state index contributed by atoms with van der Waals surface area (Å²) in [6, 6.07) is 16.0. The minimum Gasteiger partial charge on any atom is -0.369 e. The standard InChI is InChI=1S/C16H17NO2S/c1-12-14(10-20(19)11-16(17)18)8-5-9-15(12)13-6-3-2-4-7-13/h2-9H,10-11H2,1H3,(H2,17,18). The van der Waals surface area contributed by atoms with E-state index >= 15 is 0 Å². The highest BCUT2D eigenvalue weighted by molar-refractivity contribution is 7.84. The molecule has 1 atom stereocenters. The largest absolute Gasteiger partial charge is 0.369 e. The third-order valence-electron chi connectivity index (χ3n) is 3.15. The molecule has 1 amide bonds. The van der Waals surface area contributed by atoms with Gasteiger partial charge in [0.05, 0.1) is 0 Å². The molecular weight excluding hydrogens is 270 g/mol. The van der Waals surface area contributed by atoms with Gasteiger partial charge >= 0.3 is 0 Å². The molecule has 0 aliphatic rings. The lowest BCUT2D eigenvalue weighted by Crippen LogP contribution is -2.20. The van der Waals surface area contributed by atoms with Crippen LogP contribution in [0.1, 0.15) is 11.1 Å². The normalized spacial score (nSPS) is 12.1. The van der Waals surface area contributed by atoms with Crippen molar-refractivity contribution in [3.8, 4) is 11.1 Å². The Bertz CT molecular complexity index is 638. The zero-order valence-electron chi connectivity index (χ0n) is 11.3. The minimum absolute atomic E-state index is 0.0883. The lowest BCUT2D eigenvalue weighted by atomic mass is 9.97. The molecule has 2 N–H and O–H groups in total. The number of benzene rings is 2. The van der Waals surface area contributed by atoms with Gasteiger partial charge in [0.1, 0.15) is 5.75 Å². The van der Waals surface area contributed by atoms with Crippen LogP contribution >= 0.6 is 0 Å². The predicted octanol–water partition coefficient (Wildman–Crippen LogP) is 2.40. The number of primary amides is 1. The lowest BCUT2D eigenvalue weighted by molar-refractivity contribution is -0.115. The first-order valence-electron chi connectivity index (χ1n) is 6.35. The van der Waals surface area contributed by atoms with Crippen molar-refractivity contribution in [2.45, 2.75) is 12.7 Å².